The third kappa shape index (κ3) is 2.73. The lowest BCUT2D eigenvalue weighted by molar-refractivity contribution is 0.248. The number of likely N-dealkylation sites (N-methyl/N-ethyl adjacent to an activating group) is 1. The Morgan fingerprint density at radius 3 is 3.06 bits per heavy atom. The molecule has 1 N–H and O–H groups in total. The van der Waals surface area contributed by atoms with E-state index in [-0.39, 0.29) is 5.82 Å². The molecule has 88 valence electrons. The summed E-state index contributed by atoms with van der Waals surface area (Å²) in [6.07, 6.45) is 1.14. The van der Waals surface area contributed by atoms with Crippen molar-refractivity contribution >= 4 is 11.6 Å². The van der Waals surface area contributed by atoms with E-state index in [2.05, 4.69) is 17.3 Å². The van der Waals surface area contributed by atoms with Crippen molar-refractivity contribution in [2.24, 2.45) is 0 Å². The van der Waals surface area contributed by atoms with Crippen molar-refractivity contribution < 1.29 is 4.39 Å². The van der Waals surface area contributed by atoms with Crippen LogP contribution in [0.5, 0.6) is 0 Å². The largest absolute Gasteiger partial charge is 0.315 e. The van der Waals surface area contributed by atoms with Gasteiger partial charge in [-0.05, 0) is 43.8 Å². The zero-order valence-electron chi connectivity index (χ0n) is 9.34. The SMILES string of the molecule is CN(Cc1cc(F)ccc1Cl)C1CCNC1. The monoisotopic (exact) mass is 242 g/mol. The van der Waals surface area contributed by atoms with Gasteiger partial charge in [-0.3, -0.25) is 4.90 Å². The summed E-state index contributed by atoms with van der Waals surface area (Å²) >= 11 is 6.04. The molecule has 0 amide bonds. The van der Waals surface area contributed by atoms with E-state index < -0.39 is 0 Å². The highest BCUT2D eigenvalue weighted by Crippen LogP contribution is 2.20. The summed E-state index contributed by atoms with van der Waals surface area (Å²) in [5.41, 5.74) is 0.857. The van der Waals surface area contributed by atoms with Crippen molar-refractivity contribution in [1.82, 2.24) is 10.2 Å². The van der Waals surface area contributed by atoms with Gasteiger partial charge >= 0.3 is 0 Å². The molecule has 2 rings (SSSR count). The van der Waals surface area contributed by atoms with Crippen LogP contribution in [-0.4, -0.2) is 31.1 Å². The minimum absolute atomic E-state index is 0.225. The van der Waals surface area contributed by atoms with Crippen molar-refractivity contribution in [1.29, 1.82) is 0 Å². The van der Waals surface area contributed by atoms with Gasteiger partial charge in [0, 0.05) is 24.2 Å². The van der Waals surface area contributed by atoms with E-state index in [1.54, 1.807) is 6.07 Å². The van der Waals surface area contributed by atoms with Gasteiger partial charge in [-0.1, -0.05) is 11.6 Å². The Hall–Kier alpha value is -0.640. The molecule has 1 fully saturated rings. The van der Waals surface area contributed by atoms with Crippen LogP contribution in [0.2, 0.25) is 5.02 Å². The Morgan fingerprint density at radius 1 is 1.56 bits per heavy atom. The molecule has 1 heterocycles. The molecule has 1 aliphatic rings. The maximum absolute atomic E-state index is 13.1. The number of rotatable bonds is 3. The van der Waals surface area contributed by atoms with Gasteiger partial charge in [-0.15, -0.1) is 0 Å². The first-order chi connectivity index (χ1) is 7.66. The highest BCUT2D eigenvalue weighted by Gasteiger charge is 2.19. The zero-order valence-corrected chi connectivity index (χ0v) is 10.1. The molecular formula is C12H16ClFN2. The topological polar surface area (TPSA) is 15.3 Å². The summed E-state index contributed by atoms with van der Waals surface area (Å²) in [6.45, 7) is 2.76. The standard InChI is InChI=1S/C12H16ClFN2/c1-16(11-4-5-15-7-11)8-9-6-10(14)2-3-12(9)13/h2-3,6,11,15H,4-5,7-8H2,1H3. The summed E-state index contributed by atoms with van der Waals surface area (Å²) < 4.78 is 13.1. The smallest absolute Gasteiger partial charge is 0.123 e. The van der Waals surface area contributed by atoms with Gasteiger partial charge in [0.25, 0.3) is 0 Å². The molecule has 0 bridgehead atoms. The molecule has 1 unspecified atom stereocenters. The second-order valence-electron chi connectivity index (χ2n) is 4.30. The number of nitrogens with one attached hydrogen (secondary N) is 1. The molecule has 16 heavy (non-hydrogen) atoms. The van der Waals surface area contributed by atoms with Gasteiger partial charge in [0.1, 0.15) is 5.82 Å². The van der Waals surface area contributed by atoms with Crippen LogP contribution in [-0.2, 0) is 6.54 Å². The molecule has 1 aromatic rings. The molecule has 1 saturated heterocycles. The van der Waals surface area contributed by atoms with E-state index in [0.717, 1.165) is 25.1 Å². The van der Waals surface area contributed by atoms with E-state index in [0.29, 0.717) is 17.6 Å². The Bertz CT molecular complexity index is 364. The minimum atomic E-state index is -0.225. The predicted molar refractivity (Wildman–Crippen MR) is 64.2 cm³/mol. The van der Waals surface area contributed by atoms with Crippen molar-refractivity contribution in [3.63, 3.8) is 0 Å². The first-order valence-electron chi connectivity index (χ1n) is 5.51. The van der Waals surface area contributed by atoms with Gasteiger partial charge < -0.3 is 5.32 Å². The molecule has 0 aromatic heterocycles. The van der Waals surface area contributed by atoms with Gasteiger partial charge in [-0.2, -0.15) is 0 Å². The van der Waals surface area contributed by atoms with Gasteiger partial charge in [0.2, 0.25) is 0 Å². The quantitative estimate of drug-likeness (QED) is 0.875. The maximum atomic E-state index is 13.1. The van der Waals surface area contributed by atoms with Crippen LogP contribution in [0.3, 0.4) is 0 Å². The van der Waals surface area contributed by atoms with Crippen LogP contribution in [0, 0.1) is 5.82 Å². The molecule has 0 radical (unpaired) electrons. The second kappa shape index (κ2) is 5.13. The van der Waals surface area contributed by atoms with Crippen LogP contribution in [0.1, 0.15) is 12.0 Å². The highest BCUT2D eigenvalue weighted by atomic mass is 35.5. The fraction of sp³-hybridized carbons (Fsp3) is 0.500. The van der Waals surface area contributed by atoms with Gasteiger partial charge in [0.05, 0.1) is 0 Å². The lowest BCUT2D eigenvalue weighted by Crippen LogP contribution is -2.32. The van der Waals surface area contributed by atoms with Gasteiger partial charge in [0.15, 0.2) is 0 Å². The van der Waals surface area contributed by atoms with Crippen LogP contribution in [0.15, 0.2) is 18.2 Å². The van der Waals surface area contributed by atoms with E-state index in [1.165, 1.54) is 12.1 Å². The Balaban J connectivity index is 2.04. The lowest BCUT2D eigenvalue weighted by Gasteiger charge is -2.23. The number of halogens is 2. The number of hydrogen-bond acceptors (Lipinski definition) is 2. The summed E-state index contributed by atoms with van der Waals surface area (Å²) in [4.78, 5) is 2.22. The molecule has 1 aliphatic heterocycles. The van der Waals surface area contributed by atoms with E-state index in [1.807, 2.05) is 0 Å². The molecule has 0 saturated carbocycles. The predicted octanol–water partition coefficient (Wildman–Crippen LogP) is 2.27. The lowest BCUT2D eigenvalue weighted by atomic mass is 10.1. The molecule has 1 atom stereocenters. The number of nitrogens with zero attached hydrogens (tertiary/aromatic N) is 1. The van der Waals surface area contributed by atoms with E-state index in [9.17, 15) is 4.39 Å². The Kier molecular flexibility index (Phi) is 3.79. The molecule has 1 aromatic carbocycles. The summed E-state index contributed by atoms with van der Waals surface area (Å²) in [7, 11) is 2.05. The number of hydrogen-bond donors (Lipinski definition) is 1. The van der Waals surface area contributed by atoms with Crippen LogP contribution in [0.25, 0.3) is 0 Å². The Labute approximate surface area is 100 Å². The summed E-state index contributed by atoms with van der Waals surface area (Å²) in [6, 6.07) is 5.05. The average Bonchev–Trinajstić information content (AvgIpc) is 2.76. The fourth-order valence-electron chi connectivity index (χ4n) is 2.08. The zero-order chi connectivity index (χ0) is 11.5. The van der Waals surface area contributed by atoms with Crippen molar-refractivity contribution in [3.8, 4) is 0 Å². The third-order valence-electron chi connectivity index (χ3n) is 3.09. The molecular weight excluding hydrogens is 227 g/mol. The highest BCUT2D eigenvalue weighted by molar-refractivity contribution is 6.31. The average molecular weight is 243 g/mol. The maximum Gasteiger partial charge on any atom is 0.123 e. The molecule has 0 spiro atoms. The van der Waals surface area contributed by atoms with Crippen molar-refractivity contribution in [2.75, 3.05) is 20.1 Å². The van der Waals surface area contributed by atoms with Crippen molar-refractivity contribution in [2.45, 2.75) is 19.0 Å². The van der Waals surface area contributed by atoms with Crippen LogP contribution < -0.4 is 5.32 Å². The van der Waals surface area contributed by atoms with E-state index in [4.69, 9.17) is 11.6 Å². The van der Waals surface area contributed by atoms with Gasteiger partial charge in [-0.25, -0.2) is 4.39 Å². The second-order valence-corrected chi connectivity index (χ2v) is 4.70. The molecule has 0 aliphatic carbocycles. The van der Waals surface area contributed by atoms with E-state index >= 15 is 0 Å². The first kappa shape index (κ1) is 11.8. The minimum Gasteiger partial charge on any atom is -0.315 e. The van der Waals surface area contributed by atoms with Crippen molar-refractivity contribution in [3.05, 3.63) is 34.6 Å². The molecule has 4 heteroatoms. The van der Waals surface area contributed by atoms with Crippen LogP contribution in [0.4, 0.5) is 4.39 Å². The summed E-state index contributed by atoms with van der Waals surface area (Å²) in [5.74, 6) is -0.225. The summed E-state index contributed by atoms with van der Waals surface area (Å²) in [5, 5.41) is 3.95. The fourth-order valence-corrected chi connectivity index (χ4v) is 2.26. The first-order valence-corrected chi connectivity index (χ1v) is 5.89. The normalized spacial score (nSPS) is 20.6. The third-order valence-corrected chi connectivity index (χ3v) is 3.45. The van der Waals surface area contributed by atoms with Crippen LogP contribution >= 0.6 is 11.6 Å². The molecule has 2 nitrogen and oxygen atoms in total. The Morgan fingerprint density at radius 2 is 2.38 bits per heavy atom. The number of benzene rings is 1.